The number of carbonyl (C=O) groups is 1. The van der Waals surface area contributed by atoms with Crippen LogP contribution in [-0.2, 0) is 4.79 Å². The van der Waals surface area contributed by atoms with Crippen molar-refractivity contribution >= 4 is 19.9 Å². The predicted octanol–water partition coefficient (Wildman–Crippen LogP) is 4.95. The van der Waals surface area contributed by atoms with Crippen molar-refractivity contribution in [3.8, 4) is 5.75 Å². The van der Waals surface area contributed by atoms with Crippen LogP contribution in [0.2, 0.25) is 18.1 Å². The first-order valence-corrected chi connectivity index (χ1v) is 10.2. The van der Waals surface area contributed by atoms with E-state index >= 15 is 0 Å². The maximum atomic E-state index is 10.9. The molecule has 1 aromatic carbocycles. The number of aliphatic carboxylic acids is 1. The highest BCUT2D eigenvalue weighted by molar-refractivity contribution is 6.74. The maximum absolute atomic E-state index is 10.9. The Morgan fingerprint density at radius 3 is 2.43 bits per heavy atom. The van der Waals surface area contributed by atoms with E-state index in [0.717, 1.165) is 16.9 Å². The molecule has 0 aromatic heterocycles. The van der Waals surface area contributed by atoms with E-state index in [9.17, 15) is 4.79 Å². The number of allylic oxidation sites excluding steroid dienone is 1. The lowest BCUT2D eigenvalue weighted by Gasteiger charge is -2.36. The Bertz CT molecular complexity index is 539. The SMILES string of the molecule is CC/C(=C/C(=O)O)c1cccc(O[Si](C)(C)C(C)(C)C)c1. The number of hydrogen-bond acceptors (Lipinski definition) is 2. The molecular weight excluding hydrogens is 280 g/mol. The van der Waals surface area contributed by atoms with Crippen LogP contribution in [0.5, 0.6) is 5.75 Å². The molecule has 0 fully saturated rings. The molecule has 4 heteroatoms. The summed E-state index contributed by atoms with van der Waals surface area (Å²) in [6, 6.07) is 7.73. The Morgan fingerprint density at radius 2 is 1.95 bits per heavy atom. The zero-order chi connectivity index (χ0) is 16.3. The number of benzene rings is 1. The van der Waals surface area contributed by atoms with Gasteiger partial charge in [-0.25, -0.2) is 4.79 Å². The zero-order valence-electron chi connectivity index (χ0n) is 13.9. The van der Waals surface area contributed by atoms with Crippen molar-refractivity contribution < 1.29 is 14.3 Å². The molecule has 0 heterocycles. The van der Waals surface area contributed by atoms with E-state index in [-0.39, 0.29) is 5.04 Å². The third-order valence-corrected chi connectivity index (χ3v) is 8.42. The highest BCUT2D eigenvalue weighted by Gasteiger charge is 2.38. The molecule has 0 aliphatic heterocycles. The number of hydrogen-bond donors (Lipinski definition) is 1. The Morgan fingerprint density at radius 1 is 1.33 bits per heavy atom. The lowest BCUT2D eigenvalue weighted by Crippen LogP contribution is -2.43. The first kappa shape index (κ1) is 17.5. The van der Waals surface area contributed by atoms with Crippen LogP contribution in [0.15, 0.2) is 30.3 Å². The van der Waals surface area contributed by atoms with Gasteiger partial charge >= 0.3 is 5.97 Å². The molecule has 1 aromatic rings. The van der Waals surface area contributed by atoms with Crippen LogP contribution < -0.4 is 4.43 Å². The van der Waals surface area contributed by atoms with Crippen LogP contribution >= 0.6 is 0 Å². The minimum Gasteiger partial charge on any atom is -0.543 e. The van der Waals surface area contributed by atoms with Gasteiger partial charge in [0.1, 0.15) is 5.75 Å². The minimum absolute atomic E-state index is 0.132. The lowest BCUT2D eigenvalue weighted by atomic mass is 10.0. The van der Waals surface area contributed by atoms with Crippen molar-refractivity contribution in [2.75, 3.05) is 0 Å². The van der Waals surface area contributed by atoms with Gasteiger partial charge in [-0.15, -0.1) is 0 Å². The van der Waals surface area contributed by atoms with E-state index in [1.807, 2.05) is 31.2 Å². The fourth-order valence-electron chi connectivity index (χ4n) is 1.75. The first-order chi connectivity index (χ1) is 9.56. The second-order valence-electron chi connectivity index (χ2n) is 6.75. The van der Waals surface area contributed by atoms with E-state index in [2.05, 4.69) is 33.9 Å². The average molecular weight is 306 g/mol. The molecule has 0 saturated carbocycles. The van der Waals surface area contributed by atoms with Gasteiger partial charge in [0.25, 0.3) is 0 Å². The van der Waals surface area contributed by atoms with Gasteiger partial charge in [-0.1, -0.05) is 39.8 Å². The largest absolute Gasteiger partial charge is 0.543 e. The van der Waals surface area contributed by atoms with Gasteiger partial charge < -0.3 is 9.53 Å². The summed E-state index contributed by atoms with van der Waals surface area (Å²) in [6.45, 7) is 13.0. The summed E-state index contributed by atoms with van der Waals surface area (Å²) in [5.41, 5.74) is 1.72. The Balaban J connectivity index is 3.09. The van der Waals surface area contributed by atoms with Crippen molar-refractivity contribution in [2.24, 2.45) is 0 Å². The second-order valence-corrected chi connectivity index (χ2v) is 11.5. The molecule has 116 valence electrons. The standard InChI is InChI=1S/C17H26O3Si/c1-7-13(12-16(18)19)14-9-8-10-15(11-14)20-21(5,6)17(2,3)4/h8-12H,7H2,1-6H3,(H,18,19)/b13-12-. The van der Waals surface area contributed by atoms with Crippen LogP contribution in [0.25, 0.3) is 5.57 Å². The van der Waals surface area contributed by atoms with Gasteiger partial charge in [0.05, 0.1) is 0 Å². The molecule has 0 aliphatic rings. The smallest absolute Gasteiger partial charge is 0.328 e. The van der Waals surface area contributed by atoms with Crippen molar-refractivity contribution in [2.45, 2.75) is 52.2 Å². The molecule has 0 amide bonds. The monoisotopic (exact) mass is 306 g/mol. The molecular formula is C17H26O3Si. The summed E-state index contributed by atoms with van der Waals surface area (Å²) in [6.07, 6.45) is 1.95. The Labute approximate surface area is 128 Å². The van der Waals surface area contributed by atoms with Crippen LogP contribution in [-0.4, -0.2) is 19.4 Å². The molecule has 0 unspecified atom stereocenters. The normalized spacial score (nSPS) is 13.1. The Hall–Kier alpha value is -1.55. The molecule has 0 radical (unpaired) electrons. The summed E-state index contributed by atoms with van der Waals surface area (Å²) in [5.74, 6) is -0.0913. The highest BCUT2D eigenvalue weighted by atomic mass is 28.4. The van der Waals surface area contributed by atoms with Crippen LogP contribution in [0.1, 0.15) is 39.7 Å². The molecule has 0 bridgehead atoms. The third kappa shape index (κ3) is 4.74. The fourth-order valence-corrected chi connectivity index (χ4v) is 2.77. The summed E-state index contributed by atoms with van der Waals surface area (Å²) in [5, 5.41) is 9.07. The van der Waals surface area contributed by atoms with Crippen molar-refractivity contribution in [1.82, 2.24) is 0 Å². The van der Waals surface area contributed by atoms with Crippen molar-refractivity contribution in [3.05, 3.63) is 35.9 Å². The van der Waals surface area contributed by atoms with E-state index < -0.39 is 14.3 Å². The summed E-state index contributed by atoms with van der Waals surface area (Å²) in [4.78, 5) is 10.9. The minimum atomic E-state index is -1.88. The number of carboxylic acids is 1. The molecule has 0 atom stereocenters. The van der Waals surface area contributed by atoms with Crippen LogP contribution in [0, 0.1) is 0 Å². The van der Waals surface area contributed by atoms with Gasteiger partial charge in [-0.05, 0) is 47.8 Å². The number of carboxylic acid groups (broad SMARTS) is 1. The summed E-state index contributed by atoms with van der Waals surface area (Å²) in [7, 11) is -1.88. The third-order valence-electron chi connectivity index (χ3n) is 4.06. The van der Waals surface area contributed by atoms with Gasteiger partial charge in [-0.2, -0.15) is 0 Å². The van der Waals surface area contributed by atoms with Crippen molar-refractivity contribution in [3.63, 3.8) is 0 Å². The van der Waals surface area contributed by atoms with Crippen LogP contribution in [0.4, 0.5) is 0 Å². The molecule has 0 saturated heterocycles. The van der Waals surface area contributed by atoms with E-state index in [0.29, 0.717) is 6.42 Å². The first-order valence-electron chi connectivity index (χ1n) is 7.30. The van der Waals surface area contributed by atoms with Crippen molar-refractivity contribution in [1.29, 1.82) is 0 Å². The Kier molecular flexibility index (Phi) is 5.40. The van der Waals surface area contributed by atoms with Gasteiger partial charge in [-0.3, -0.25) is 0 Å². The number of rotatable bonds is 5. The highest BCUT2D eigenvalue weighted by Crippen LogP contribution is 2.37. The molecule has 0 aliphatic carbocycles. The lowest BCUT2D eigenvalue weighted by molar-refractivity contribution is -0.131. The molecule has 1 N–H and O–H groups in total. The maximum Gasteiger partial charge on any atom is 0.328 e. The zero-order valence-corrected chi connectivity index (χ0v) is 14.9. The van der Waals surface area contributed by atoms with Gasteiger partial charge in [0, 0.05) is 6.08 Å². The quantitative estimate of drug-likeness (QED) is 0.618. The van der Waals surface area contributed by atoms with E-state index in [1.54, 1.807) is 0 Å². The van der Waals surface area contributed by atoms with E-state index in [4.69, 9.17) is 9.53 Å². The van der Waals surface area contributed by atoms with E-state index in [1.165, 1.54) is 6.08 Å². The average Bonchev–Trinajstić information content (AvgIpc) is 2.34. The fraction of sp³-hybridized carbons (Fsp3) is 0.471. The molecule has 3 nitrogen and oxygen atoms in total. The van der Waals surface area contributed by atoms with Crippen LogP contribution in [0.3, 0.4) is 0 Å². The summed E-state index contributed by atoms with van der Waals surface area (Å²) < 4.78 is 6.27. The van der Waals surface area contributed by atoms with Gasteiger partial charge in [0.15, 0.2) is 0 Å². The topological polar surface area (TPSA) is 46.5 Å². The molecule has 1 rings (SSSR count). The van der Waals surface area contributed by atoms with Gasteiger partial charge in [0.2, 0.25) is 8.32 Å². The molecule has 0 spiro atoms. The summed E-state index contributed by atoms with van der Waals surface area (Å²) >= 11 is 0. The predicted molar refractivity (Wildman–Crippen MR) is 90.2 cm³/mol. The molecule has 21 heavy (non-hydrogen) atoms. The second kappa shape index (κ2) is 6.48.